The molecule has 14 heteroatoms. The molecule has 0 radical (unpaired) electrons. The van der Waals surface area contributed by atoms with E-state index in [9.17, 15) is 40.5 Å². The van der Waals surface area contributed by atoms with E-state index in [0.29, 0.717) is 13.0 Å². The fourth-order valence-electron chi connectivity index (χ4n) is 6.82. The number of carbonyl (C=O) groups is 1. The first-order valence-electron chi connectivity index (χ1n) is 23.5. The molecular formula is C49H82O14. The molecule has 63 heavy (non-hydrogen) atoms. The average Bonchev–Trinajstić information content (AvgIpc) is 3.28. The van der Waals surface area contributed by atoms with Gasteiger partial charge in [0.15, 0.2) is 12.6 Å². The van der Waals surface area contributed by atoms with Crippen molar-refractivity contribution in [1.29, 1.82) is 0 Å². The Hall–Kier alpha value is -2.57. The Morgan fingerprint density at radius 1 is 0.540 bits per heavy atom. The van der Waals surface area contributed by atoms with Gasteiger partial charge >= 0.3 is 5.97 Å². The molecule has 0 amide bonds. The number of unbranched alkanes of at least 4 members (excludes halogenated alkanes) is 9. The van der Waals surface area contributed by atoms with Gasteiger partial charge in [-0.05, 0) is 77.0 Å². The van der Waals surface area contributed by atoms with Crippen molar-refractivity contribution >= 4 is 5.97 Å². The SMILES string of the molecule is CC/C=C\C/C=C\C/C=C\C/C=C\C/C=C\CCCCOCC(COC1OC(COC2OC(CO)C(O)C(O)C2O)C(O)C(O)C1O)OC(=O)CCCCCCC/C=C\CCCC. The van der Waals surface area contributed by atoms with Crippen LogP contribution in [0.5, 0.6) is 0 Å². The summed E-state index contributed by atoms with van der Waals surface area (Å²) in [7, 11) is 0. The topological polar surface area (TPSA) is 214 Å². The number of hydrogen-bond acceptors (Lipinski definition) is 14. The highest BCUT2D eigenvalue weighted by Gasteiger charge is 2.47. The number of esters is 1. The smallest absolute Gasteiger partial charge is 0.306 e. The lowest BCUT2D eigenvalue weighted by molar-refractivity contribution is -0.332. The molecule has 2 saturated heterocycles. The molecule has 14 nitrogen and oxygen atoms in total. The highest BCUT2D eigenvalue weighted by atomic mass is 16.7. The van der Waals surface area contributed by atoms with Gasteiger partial charge in [0.2, 0.25) is 0 Å². The zero-order valence-corrected chi connectivity index (χ0v) is 38.0. The largest absolute Gasteiger partial charge is 0.457 e. The Morgan fingerprint density at radius 3 is 1.63 bits per heavy atom. The maximum Gasteiger partial charge on any atom is 0.306 e. The van der Waals surface area contributed by atoms with Crippen molar-refractivity contribution in [3.8, 4) is 0 Å². The van der Waals surface area contributed by atoms with Crippen LogP contribution in [0, 0.1) is 0 Å². The zero-order chi connectivity index (χ0) is 45.9. The van der Waals surface area contributed by atoms with Gasteiger partial charge in [-0.1, -0.05) is 119 Å². The van der Waals surface area contributed by atoms with E-state index < -0.39 is 86.7 Å². The summed E-state index contributed by atoms with van der Waals surface area (Å²) in [5.41, 5.74) is 0. The Morgan fingerprint density at radius 2 is 1.03 bits per heavy atom. The number of ether oxygens (including phenoxy) is 6. The van der Waals surface area contributed by atoms with E-state index in [1.165, 1.54) is 12.8 Å². The number of carbonyl (C=O) groups excluding carboxylic acids is 1. The molecule has 0 aliphatic carbocycles. The van der Waals surface area contributed by atoms with Gasteiger partial charge < -0.3 is 64.2 Å². The van der Waals surface area contributed by atoms with E-state index in [-0.39, 0.29) is 19.6 Å². The van der Waals surface area contributed by atoms with Gasteiger partial charge in [-0.3, -0.25) is 4.79 Å². The summed E-state index contributed by atoms with van der Waals surface area (Å²) < 4.78 is 34.1. The number of allylic oxidation sites excluding steroid dienone is 12. The van der Waals surface area contributed by atoms with Crippen molar-refractivity contribution < 1.29 is 69.0 Å². The summed E-state index contributed by atoms with van der Waals surface area (Å²) in [5, 5.41) is 71.9. The average molecular weight is 895 g/mol. The summed E-state index contributed by atoms with van der Waals surface area (Å²) in [4.78, 5) is 12.9. The highest BCUT2D eigenvalue weighted by molar-refractivity contribution is 5.69. The molecule has 0 spiro atoms. The number of aliphatic hydroxyl groups is 7. The molecule has 0 aromatic rings. The fourth-order valence-corrected chi connectivity index (χ4v) is 6.82. The summed E-state index contributed by atoms with van der Waals surface area (Å²) in [6.07, 6.45) is 26.9. The Labute approximate surface area is 377 Å². The number of hydrogen-bond donors (Lipinski definition) is 7. The molecule has 2 aliphatic heterocycles. The second-order valence-electron chi connectivity index (χ2n) is 16.2. The molecular weight excluding hydrogens is 813 g/mol. The van der Waals surface area contributed by atoms with Crippen molar-refractivity contribution in [2.75, 3.05) is 33.0 Å². The van der Waals surface area contributed by atoms with Crippen LogP contribution >= 0.6 is 0 Å². The molecule has 2 fully saturated rings. The first-order chi connectivity index (χ1) is 30.6. The quantitative estimate of drug-likeness (QED) is 0.0223. The van der Waals surface area contributed by atoms with E-state index >= 15 is 0 Å². The van der Waals surface area contributed by atoms with Crippen LogP contribution in [0.1, 0.15) is 129 Å². The lowest BCUT2D eigenvalue weighted by atomic mass is 9.98. The van der Waals surface area contributed by atoms with Crippen molar-refractivity contribution in [1.82, 2.24) is 0 Å². The van der Waals surface area contributed by atoms with E-state index in [2.05, 4.69) is 86.8 Å². The van der Waals surface area contributed by atoms with Gasteiger partial charge in [-0.25, -0.2) is 0 Å². The maximum atomic E-state index is 12.9. The minimum Gasteiger partial charge on any atom is -0.457 e. The van der Waals surface area contributed by atoms with Crippen molar-refractivity contribution in [2.24, 2.45) is 0 Å². The van der Waals surface area contributed by atoms with Gasteiger partial charge in [-0.15, -0.1) is 0 Å². The fraction of sp³-hybridized carbons (Fsp3) is 0.735. The van der Waals surface area contributed by atoms with Crippen LogP contribution < -0.4 is 0 Å². The molecule has 2 heterocycles. The van der Waals surface area contributed by atoms with Gasteiger partial charge in [0.05, 0.1) is 26.4 Å². The molecule has 0 saturated carbocycles. The van der Waals surface area contributed by atoms with E-state index in [0.717, 1.165) is 89.9 Å². The van der Waals surface area contributed by atoms with Crippen LogP contribution in [0.2, 0.25) is 0 Å². The summed E-state index contributed by atoms with van der Waals surface area (Å²) >= 11 is 0. The lowest BCUT2D eigenvalue weighted by Gasteiger charge is -2.42. The normalized spacial score (nSPS) is 27.6. The highest BCUT2D eigenvalue weighted by Crippen LogP contribution is 2.26. The second-order valence-corrected chi connectivity index (χ2v) is 16.2. The second kappa shape index (κ2) is 36.6. The monoisotopic (exact) mass is 895 g/mol. The van der Waals surface area contributed by atoms with Gasteiger partial charge in [0.1, 0.15) is 54.9 Å². The van der Waals surface area contributed by atoms with Crippen molar-refractivity contribution in [3.63, 3.8) is 0 Å². The number of rotatable bonds is 35. The summed E-state index contributed by atoms with van der Waals surface area (Å²) in [5.74, 6) is -0.407. The van der Waals surface area contributed by atoms with E-state index in [4.69, 9.17) is 28.4 Å². The van der Waals surface area contributed by atoms with Crippen LogP contribution in [-0.4, -0.2) is 142 Å². The Balaban J connectivity index is 1.82. The first-order valence-corrected chi connectivity index (χ1v) is 23.5. The predicted octanol–water partition coefficient (Wildman–Crippen LogP) is 5.95. The van der Waals surface area contributed by atoms with Gasteiger partial charge in [0.25, 0.3) is 0 Å². The van der Waals surface area contributed by atoms with Crippen molar-refractivity contribution in [3.05, 3.63) is 72.9 Å². The van der Waals surface area contributed by atoms with Gasteiger partial charge in [0, 0.05) is 13.0 Å². The summed E-state index contributed by atoms with van der Waals surface area (Å²) in [6, 6.07) is 0. The molecule has 0 aromatic carbocycles. The molecule has 2 rings (SSSR count). The van der Waals surface area contributed by atoms with Gasteiger partial charge in [-0.2, -0.15) is 0 Å². The molecule has 362 valence electrons. The van der Waals surface area contributed by atoms with Crippen LogP contribution in [-0.2, 0) is 33.2 Å². The molecule has 7 N–H and O–H groups in total. The third-order valence-electron chi connectivity index (χ3n) is 10.7. The molecule has 2 aliphatic rings. The summed E-state index contributed by atoms with van der Waals surface area (Å²) in [6.45, 7) is 3.37. The Kier molecular flexibility index (Phi) is 32.9. The third kappa shape index (κ3) is 25.1. The standard InChI is InChI=1S/C49H82O14/c1-3-5-7-9-11-13-15-16-17-18-19-20-21-23-25-27-29-31-33-58-35-38(61-41(51)32-30-28-26-24-22-14-12-10-8-6-4-2)36-59-48-47(57)45(55)43(53)40(63-48)37-60-49-46(56)44(54)42(52)39(34-50)62-49/h5,7,10-13,16-17,19-20,23,25,38-40,42-50,52-57H,3-4,6,8-9,14-15,18,21-22,24,26-37H2,1-2H3/b7-5-,12-10-,13-11-,17-16-,20-19-,25-23-. The third-order valence-corrected chi connectivity index (χ3v) is 10.7. The maximum absolute atomic E-state index is 12.9. The lowest BCUT2D eigenvalue weighted by Crippen LogP contribution is -2.61. The van der Waals surface area contributed by atoms with E-state index in [1.807, 2.05) is 0 Å². The van der Waals surface area contributed by atoms with Crippen LogP contribution in [0.3, 0.4) is 0 Å². The van der Waals surface area contributed by atoms with E-state index in [1.54, 1.807) is 0 Å². The zero-order valence-electron chi connectivity index (χ0n) is 38.0. The molecule has 0 aromatic heterocycles. The Bertz CT molecular complexity index is 1310. The number of aliphatic hydroxyl groups excluding tert-OH is 7. The molecule has 11 atom stereocenters. The predicted molar refractivity (Wildman–Crippen MR) is 242 cm³/mol. The molecule has 0 bridgehead atoms. The first kappa shape index (κ1) is 56.6. The minimum absolute atomic E-state index is 0.0246. The minimum atomic E-state index is -1.72. The van der Waals surface area contributed by atoms with Crippen LogP contribution in [0.4, 0.5) is 0 Å². The molecule has 11 unspecified atom stereocenters. The van der Waals surface area contributed by atoms with Crippen LogP contribution in [0.15, 0.2) is 72.9 Å². The van der Waals surface area contributed by atoms with Crippen molar-refractivity contribution in [2.45, 2.75) is 197 Å². The van der Waals surface area contributed by atoms with Crippen LogP contribution in [0.25, 0.3) is 0 Å².